The molecule has 122 valence electrons. The third-order valence-corrected chi connectivity index (χ3v) is 5.72. The lowest BCUT2D eigenvalue weighted by atomic mass is 9.98. The molecule has 3 atom stereocenters. The maximum atomic E-state index is 12.2. The highest BCUT2D eigenvalue weighted by Gasteiger charge is 2.44. The van der Waals surface area contributed by atoms with Crippen molar-refractivity contribution >= 4 is 17.9 Å². The minimum absolute atomic E-state index is 0.158. The topological polar surface area (TPSA) is 55.6 Å². The molecule has 22 heavy (non-hydrogen) atoms. The van der Waals surface area contributed by atoms with Crippen molar-refractivity contribution in [3.63, 3.8) is 0 Å². The van der Waals surface area contributed by atoms with E-state index < -0.39 is 0 Å². The smallest absolute Gasteiger partial charge is 0.410 e. The summed E-state index contributed by atoms with van der Waals surface area (Å²) in [5.41, 5.74) is 5.54. The van der Waals surface area contributed by atoms with Crippen LogP contribution < -0.4 is 5.73 Å². The Labute approximate surface area is 137 Å². The number of rotatable bonds is 2. The lowest BCUT2D eigenvalue weighted by molar-refractivity contribution is 0.0940. The summed E-state index contributed by atoms with van der Waals surface area (Å²) in [6.07, 6.45) is 2.15. The van der Waals surface area contributed by atoms with Crippen molar-refractivity contribution in [3.05, 3.63) is 35.9 Å². The molecular weight excluding hydrogens is 296 g/mol. The Hall–Kier alpha value is -1.20. The van der Waals surface area contributed by atoms with Gasteiger partial charge in [0.1, 0.15) is 6.61 Å². The van der Waals surface area contributed by atoms with Crippen LogP contribution in [0.15, 0.2) is 30.3 Å². The summed E-state index contributed by atoms with van der Waals surface area (Å²) < 4.78 is 5.44. The van der Waals surface area contributed by atoms with Crippen molar-refractivity contribution in [1.82, 2.24) is 4.90 Å². The summed E-state index contributed by atoms with van der Waals surface area (Å²) in [6, 6.07) is 9.86. The Kier molecular flexibility index (Phi) is 6.58. The van der Waals surface area contributed by atoms with Gasteiger partial charge < -0.3 is 15.4 Å². The molecule has 0 aromatic heterocycles. The molecule has 2 aliphatic heterocycles. The van der Waals surface area contributed by atoms with Crippen molar-refractivity contribution in [1.29, 1.82) is 0 Å². The van der Waals surface area contributed by atoms with Gasteiger partial charge in [0.25, 0.3) is 0 Å². The molecule has 0 spiro atoms. The zero-order chi connectivity index (χ0) is 15.9. The van der Waals surface area contributed by atoms with E-state index in [0.29, 0.717) is 11.9 Å². The van der Waals surface area contributed by atoms with Crippen molar-refractivity contribution in [3.8, 4) is 0 Å². The van der Waals surface area contributed by atoms with Gasteiger partial charge in [-0.2, -0.15) is 11.8 Å². The normalized spacial score (nSPS) is 26.7. The zero-order valence-electron chi connectivity index (χ0n) is 13.4. The van der Waals surface area contributed by atoms with E-state index >= 15 is 0 Å². The van der Waals surface area contributed by atoms with Gasteiger partial charge in [0.15, 0.2) is 0 Å². The van der Waals surface area contributed by atoms with Gasteiger partial charge in [0.05, 0.1) is 0 Å². The van der Waals surface area contributed by atoms with Gasteiger partial charge >= 0.3 is 6.09 Å². The molecule has 1 aromatic rings. The van der Waals surface area contributed by atoms with Crippen LogP contribution in [0.4, 0.5) is 4.79 Å². The third-order valence-electron chi connectivity index (χ3n) is 4.13. The molecule has 5 heteroatoms. The number of amides is 1. The fraction of sp³-hybridized carbons (Fsp3) is 0.588. The van der Waals surface area contributed by atoms with Gasteiger partial charge in [-0.25, -0.2) is 4.79 Å². The molecule has 0 radical (unpaired) electrons. The first kappa shape index (κ1) is 17.2. The van der Waals surface area contributed by atoms with Crippen LogP contribution in [0.5, 0.6) is 0 Å². The first-order chi connectivity index (χ1) is 10.7. The largest absolute Gasteiger partial charge is 0.445 e. The van der Waals surface area contributed by atoms with Crippen LogP contribution >= 0.6 is 11.8 Å². The maximum absolute atomic E-state index is 12.2. The number of nitrogens with zero attached hydrogens (tertiary/aromatic N) is 1. The Balaban J connectivity index is 0.000000847. The van der Waals surface area contributed by atoms with Gasteiger partial charge in [-0.15, -0.1) is 0 Å². The molecule has 2 aliphatic rings. The molecule has 2 fully saturated rings. The fourth-order valence-corrected chi connectivity index (χ4v) is 4.19. The molecule has 0 saturated carbocycles. The number of benzene rings is 1. The molecule has 2 N–H and O–H groups in total. The van der Waals surface area contributed by atoms with Crippen LogP contribution in [0.1, 0.15) is 25.3 Å². The summed E-state index contributed by atoms with van der Waals surface area (Å²) in [5, 5.41) is 1.40. The molecule has 3 unspecified atom stereocenters. The van der Waals surface area contributed by atoms with Crippen molar-refractivity contribution in [2.45, 2.75) is 36.9 Å². The van der Waals surface area contributed by atoms with E-state index in [1.54, 1.807) is 0 Å². The second-order valence-corrected chi connectivity index (χ2v) is 7.17. The van der Waals surface area contributed by atoms with Gasteiger partial charge in [0.2, 0.25) is 0 Å². The predicted molar refractivity (Wildman–Crippen MR) is 91.9 cm³/mol. The molecule has 2 saturated heterocycles. The summed E-state index contributed by atoms with van der Waals surface area (Å²) in [7, 11) is 1.50. The van der Waals surface area contributed by atoms with Gasteiger partial charge in [-0.3, -0.25) is 0 Å². The number of carbonyl (C=O) groups excluding carboxylic acids is 1. The van der Waals surface area contributed by atoms with Crippen molar-refractivity contribution < 1.29 is 9.53 Å². The van der Waals surface area contributed by atoms with Crippen LogP contribution in [0.2, 0.25) is 0 Å². The molecule has 0 bridgehead atoms. The first-order valence-electron chi connectivity index (χ1n) is 7.93. The van der Waals surface area contributed by atoms with E-state index in [1.165, 1.54) is 13.5 Å². The Morgan fingerprint density at radius 1 is 1.36 bits per heavy atom. The summed E-state index contributed by atoms with van der Waals surface area (Å²) in [5.74, 6) is 0.799. The van der Waals surface area contributed by atoms with E-state index in [0.717, 1.165) is 36.2 Å². The quantitative estimate of drug-likeness (QED) is 0.850. The Bertz CT molecular complexity index is 469. The SMILES string of the molecule is CC1CCCN(C(=O)OCc2ccccc2)CC2SC12.CN. The van der Waals surface area contributed by atoms with Gasteiger partial charge in [-0.05, 0) is 31.4 Å². The van der Waals surface area contributed by atoms with E-state index in [9.17, 15) is 4.79 Å². The number of likely N-dealkylation sites (tertiary alicyclic amines) is 1. The van der Waals surface area contributed by atoms with Crippen LogP contribution in [0.3, 0.4) is 0 Å². The summed E-state index contributed by atoms with van der Waals surface area (Å²) >= 11 is 2.02. The average molecular weight is 322 g/mol. The monoisotopic (exact) mass is 322 g/mol. The van der Waals surface area contributed by atoms with Crippen molar-refractivity contribution in [2.75, 3.05) is 20.1 Å². The van der Waals surface area contributed by atoms with Crippen molar-refractivity contribution in [2.24, 2.45) is 11.7 Å². The standard InChI is InChI=1S/C16H21NO2S.CH5N/c1-12-6-5-9-17(10-14-15(12)20-14)16(18)19-11-13-7-3-2-4-8-13;1-2/h2-4,7-8,12,14-15H,5-6,9-11H2,1H3;2H2,1H3. The highest BCUT2D eigenvalue weighted by Crippen LogP contribution is 2.48. The molecule has 1 aromatic carbocycles. The fourth-order valence-electron chi connectivity index (χ4n) is 2.86. The summed E-state index contributed by atoms with van der Waals surface area (Å²) in [6.45, 7) is 4.39. The molecule has 2 heterocycles. The van der Waals surface area contributed by atoms with Crippen LogP contribution in [0.25, 0.3) is 0 Å². The number of fused-ring (bicyclic) bond motifs is 1. The van der Waals surface area contributed by atoms with E-state index in [-0.39, 0.29) is 6.09 Å². The highest BCUT2D eigenvalue weighted by atomic mass is 32.2. The predicted octanol–water partition coefficient (Wildman–Crippen LogP) is 3.11. The number of carbonyl (C=O) groups is 1. The number of hydrogen-bond acceptors (Lipinski definition) is 4. The second-order valence-electron chi connectivity index (χ2n) is 5.74. The van der Waals surface area contributed by atoms with Gasteiger partial charge in [0, 0.05) is 23.6 Å². The third kappa shape index (κ3) is 4.65. The van der Waals surface area contributed by atoms with Gasteiger partial charge in [-0.1, -0.05) is 37.3 Å². The molecule has 3 rings (SSSR count). The van der Waals surface area contributed by atoms with Crippen LogP contribution in [0, 0.1) is 5.92 Å². The second kappa shape index (κ2) is 8.44. The minimum Gasteiger partial charge on any atom is -0.445 e. The molecular formula is C17H26N2O2S. The maximum Gasteiger partial charge on any atom is 0.410 e. The highest BCUT2D eigenvalue weighted by molar-refractivity contribution is 8.07. The molecule has 1 amide bonds. The number of nitrogens with two attached hydrogens (primary N) is 1. The lowest BCUT2D eigenvalue weighted by Gasteiger charge is -2.25. The van der Waals surface area contributed by atoms with E-state index in [4.69, 9.17) is 4.74 Å². The molecule has 4 nitrogen and oxygen atoms in total. The minimum atomic E-state index is -0.158. The summed E-state index contributed by atoms with van der Waals surface area (Å²) in [4.78, 5) is 14.1. The Morgan fingerprint density at radius 2 is 2.09 bits per heavy atom. The zero-order valence-corrected chi connectivity index (χ0v) is 14.2. The lowest BCUT2D eigenvalue weighted by Crippen LogP contribution is -2.37. The Morgan fingerprint density at radius 3 is 2.82 bits per heavy atom. The first-order valence-corrected chi connectivity index (χ1v) is 8.87. The van der Waals surface area contributed by atoms with Crippen LogP contribution in [-0.2, 0) is 11.3 Å². The van der Waals surface area contributed by atoms with E-state index in [2.05, 4.69) is 12.7 Å². The number of ether oxygens (including phenoxy) is 1. The van der Waals surface area contributed by atoms with Crippen LogP contribution in [-0.4, -0.2) is 41.6 Å². The molecule has 0 aliphatic carbocycles. The number of hydrogen-bond donors (Lipinski definition) is 1. The number of thioether (sulfide) groups is 1. The average Bonchev–Trinajstić information content (AvgIpc) is 3.31. The van der Waals surface area contributed by atoms with E-state index in [1.807, 2.05) is 47.0 Å².